The minimum Gasteiger partial charge on any atom is -0.466 e. The molecule has 0 heterocycles. The molecule has 0 aromatic carbocycles. The van der Waals surface area contributed by atoms with Crippen LogP contribution in [0.2, 0.25) is 0 Å². The molecule has 0 amide bonds. The van der Waals surface area contributed by atoms with Gasteiger partial charge in [0.05, 0.1) is 6.61 Å². The van der Waals surface area contributed by atoms with E-state index in [2.05, 4.69) is 23.5 Å². The number of hydrogen-bond donors (Lipinski definition) is 0. The van der Waals surface area contributed by atoms with Crippen LogP contribution in [0.25, 0.3) is 0 Å². The number of Topliss-reactive ketones (excluding diaryl/α,β-unsaturated/α-hetero) is 1. The quantitative estimate of drug-likeness (QED) is 0.379. The fourth-order valence-corrected chi connectivity index (χ4v) is 0.973. The molecule has 0 saturated carbocycles. The van der Waals surface area contributed by atoms with Crippen molar-refractivity contribution in [1.29, 1.82) is 0 Å². The Bertz CT molecular complexity index is 185. The Morgan fingerprint density at radius 1 is 1.38 bits per heavy atom. The lowest BCUT2D eigenvalue weighted by molar-refractivity contribution is -0.145. The molecular formula is C7H15NO3P2. The number of nitrogens with zero attached hydrogens (tertiary/aromatic N) is 1. The average molecular weight is 223 g/mol. The highest BCUT2D eigenvalue weighted by Crippen LogP contribution is 2.07. The van der Waals surface area contributed by atoms with E-state index in [1.807, 2.05) is 0 Å². The minimum atomic E-state index is -0.438. The van der Waals surface area contributed by atoms with Crippen LogP contribution in [0.15, 0.2) is 0 Å². The van der Waals surface area contributed by atoms with Crippen LogP contribution in [-0.2, 0) is 14.3 Å². The second-order valence-corrected chi connectivity index (χ2v) is 4.43. The molecule has 76 valence electrons. The van der Waals surface area contributed by atoms with Gasteiger partial charge in [-0.2, -0.15) is 0 Å². The summed E-state index contributed by atoms with van der Waals surface area (Å²) in [6, 6.07) is 0. The fourth-order valence-electron chi connectivity index (χ4n) is 0.715. The molecule has 0 spiro atoms. The molecule has 13 heavy (non-hydrogen) atoms. The highest BCUT2D eigenvalue weighted by atomic mass is 31.1. The van der Waals surface area contributed by atoms with Gasteiger partial charge in [-0.25, -0.2) is 0 Å². The molecule has 0 bridgehead atoms. The molecule has 2 atom stereocenters. The van der Waals surface area contributed by atoms with E-state index in [0.29, 0.717) is 19.6 Å². The van der Waals surface area contributed by atoms with E-state index in [0.717, 1.165) is 0 Å². The molecule has 0 aliphatic heterocycles. The number of ketones is 1. The van der Waals surface area contributed by atoms with Gasteiger partial charge in [-0.05, 0) is 6.92 Å². The van der Waals surface area contributed by atoms with E-state index < -0.39 is 5.97 Å². The lowest BCUT2D eigenvalue weighted by Gasteiger charge is -2.07. The first-order valence-electron chi connectivity index (χ1n) is 4.00. The summed E-state index contributed by atoms with van der Waals surface area (Å²) in [5.41, 5.74) is 0. The van der Waals surface area contributed by atoms with Gasteiger partial charge in [-0.3, -0.25) is 14.0 Å². The zero-order valence-corrected chi connectivity index (χ0v) is 9.96. The molecular weight excluding hydrogens is 208 g/mol. The summed E-state index contributed by atoms with van der Waals surface area (Å²) in [5, 5.41) is 0. The van der Waals surface area contributed by atoms with Crippen LogP contribution in [0.3, 0.4) is 0 Å². The molecule has 0 aromatic heterocycles. The molecule has 0 aromatic rings. The van der Waals surface area contributed by atoms with Gasteiger partial charge in [0.2, 0.25) is 0 Å². The topological polar surface area (TPSA) is 46.6 Å². The SMILES string of the molecule is CCOC(=O)CC(=O)CCN(P)P. The molecule has 0 aliphatic carbocycles. The van der Waals surface area contributed by atoms with Crippen molar-refractivity contribution in [2.24, 2.45) is 0 Å². The van der Waals surface area contributed by atoms with Crippen LogP contribution < -0.4 is 0 Å². The van der Waals surface area contributed by atoms with E-state index >= 15 is 0 Å². The predicted molar refractivity (Wildman–Crippen MR) is 57.0 cm³/mol. The molecule has 0 saturated heterocycles. The number of esters is 1. The molecule has 2 unspecified atom stereocenters. The first kappa shape index (κ1) is 13.0. The first-order valence-corrected chi connectivity index (χ1v) is 5.03. The summed E-state index contributed by atoms with van der Waals surface area (Å²) in [6.07, 6.45) is 0.253. The second kappa shape index (κ2) is 7.37. The third kappa shape index (κ3) is 8.29. The van der Waals surface area contributed by atoms with Crippen LogP contribution in [-0.4, -0.2) is 29.3 Å². The maximum atomic E-state index is 11.1. The Hall–Kier alpha value is -0.0400. The van der Waals surface area contributed by atoms with Gasteiger partial charge >= 0.3 is 5.97 Å². The van der Waals surface area contributed by atoms with Crippen LogP contribution in [0.5, 0.6) is 0 Å². The van der Waals surface area contributed by atoms with Crippen molar-refractivity contribution in [1.82, 2.24) is 4.44 Å². The van der Waals surface area contributed by atoms with E-state index in [-0.39, 0.29) is 12.2 Å². The fraction of sp³-hybridized carbons (Fsp3) is 0.714. The molecule has 0 rings (SSSR count). The van der Waals surface area contributed by atoms with Gasteiger partial charge in [0.15, 0.2) is 0 Å². The monoisotopic (exact) mass is 223 g/mol. The standard InChI is InChI=1S/C7H15NO3P2/c1-2-11-7(10)5-6(9)3-4-8(12)13/h2-5,12-13H2,1H3. The van der Waals surface area contributed by atoms with Crippen LogP contribution in [0.4, 0.5) is 0 Å². The first-order chi connectivity index (χ1) is 6.06. The summed E-state index contributed by atoms with van der Waals surface area (Å²) in [6.45, 7) is 2.65. The summed E-state index contributed by atoms with van der Waals surface area (Å²) in [7, 11) is 4.84. The van der Waals surface area contributed by atoms with Crippen molar-refractivity contribution in [3.63, 3.8) is 0 Å². The molecule has 0 radical (unpaired) electrons. The van der Waals surface area contributed by atoms with Crippen molar-refractivity contribution in [3.05, 3.63) is 0 Å². The maximum absolute atomic E-state index is 11.1. The Labute approximate surface area is 82.9 Å². The number of carbonyl (C=O) groups excluding carboxylic acids is 2. The molecule has 0 N–H and O–H groups in total. The summed E-state index contributed by atoms with van der Waals surface area (Å²) >= 11 is 0. The van der Waals surface area contributed by atoms with Gasteiger partial charge in [-0.15, -0.1) is 0 Å². The smallest absolute Gasteiger partial charge is 0.313 e. The van der Waals surface area contributed by atoms with Gasteiger partial charge in [0.1, 0.15) is 12.2 Å². The number of hydrogen-bond acceptors (Lipinski definition) is 4. The zero-order valence-electron chi connectivity index (χ0n) is 7.66. The van der Waals surface area contributed by atoms with E-state index in [9.17, 15) is 9.59 Å². The predicted octanol–water partition coefficient (Wildman–Crippen LogP) is 0.781. The van der Waals surface area contributed by atoms with Crippen molar-refractivity contribution in [2.75, 3.05) is 13.2 Å². The average Bonchev–Trinajstić information content (AvgIpc) is 2.01. The third-order valence-corrected chi connectivity index (χ3v) is 1.81. The summed E-state index contributed by atoms with van der Waals surface area (Å²) < 4.78 is 6.37. The highest BCUT2D eigenvalue weighted by molar-refractivity contribution is 7.30. The van der Waals surface area contributed by atoms with Crippen LogP contribution in [0, 0.1) is 0 Å². The van der Waals surface area contributed by atoms with Crippen molar-refractivity contribution >= 4 is 30.5 Å². The van der Waals surface area contributed by atoms with Crippen LogP contribution in [0.1, 0.15) is 19.8 Å². The van der Waals surface area contributed by atoms with Crippen LogP contribution >= 0.6 is 18.8 Å². The lowest BCUT2D eigenvalue weighted by Crippen LogP contribution is -2.14. The van der Waals surface area contributed by atoms with E-state index in [1.165, 1.54) is 0 Å². The Balaban J connectivity index is 3.56. The van der Waals surface area contributed by atoms with Gasteiger partial charge in [0.25, 0.3) is 0 Å². The largest absolute Gasteiger partial charge is 0.466 e. The van der Waals surface area contributed by atoms with Gasteiger partial charge in [-0.1, -0.05) is 18.8 Å². The molecule has 0 aliphatic rings. The number of rotatable bonds is 6. The molecule has 6 heteroatoms. The Morgan fingerprint density at radius 2 is 2.00 bits per heavy atom. The zero-order chi connectivity index (χ0) is 10.3. The summed E-state index contributed by atoms with van der Waals surface area (Å²) in [4.78, 5) is 21.9. The van der Waals surface area contributed by atoms with E-state index in [1.54, 1.807) is 11.4 Å². The maximum Gasteiger partial charge on any atom is 0.313 e. The highest BCUT2D eigenvalue weighted by Gasteiger charge is 2.09. The molecule has 0 fully saturated rings. The minimum absolute atomic E-state index is 0.0895. The number of carbonyl (C=O) groups is 2. The Morgan fingerprint density at radius 3 is 2.46 bits per heavy atom. The molecule has 4 nitrogen and oxygen atoms in total. The van der Waals surface area contributed by atoms with Gasteiger partial charge < -0.3 is 4.74 Å². The Kier molecular flexibility index (Phi) is 7.35. The normalized spacial score (nSPS) is 10.2. The second-order valence-electron chi connectivity index (χ2n) is 2.51. The number of ether oxygens (including phenoxy) is 1. The third-order valence-electron chi connectivity index (χ3n) is 1.30. The van der Waals surface area contributed by atoms with Crippen molar-refractivity contribution in [2.45, 2.75) is 19.8 Å². The van der Waals surface area contributed by atoms with E-state index in [4.69, 9.17) is 0 Å². The van der Waals surface area contributed by atoms with Crippen molar-refractivity contribution in [3.8, 4) is 0 Å². The van der Waals surface area contributed by atoms with Gasteiger partial charge in [0, 0.05) is 13.0 Å². The lowest BCUT2D eigenvalue weighted by atomic mass is 10.2. The summed E-state index contributed by atoms with van der Waals surface area (Å²) in [5.74, 6) is -0.528. The van der Waals surface area contributed by atoms with Crippen molar-refractivity contribution < 1.29 is 14.3 Å².